The van der Waals surface area contributed by atoms with Crippen molar-refractivity contribution >= 4 is 0 Å². The Kier molecular flexibility index (Phi) is 2.26. The summed E-state index contributed by atoms with van der Waals surface area (Å²) in [6.07, 6.45) is -0.217. The van der Waals surface area contributed by atoms with E-state index >= 15 is 0 Å². The molecule has 0 spiro atoms. The summed E-state index contributed by atoms with van der Waals surface area (Å²) in [6.45, 7) is 4.22. The molecule has 60 valence electrons. The lowest BCUT2D eigenvalue weighted by Crippen LogP contribution is -2.37. The van der Waals surface area contributed by atoms with Crippen LogP contribution in [0.15, 0.2) is 0 Å². The fourth-order valence-corrected chi connectivity index (χ4v) is 1.46. The molecule has 1 rings (SSSR count). The SMILES string of the molecule is CC(C)C1CC(F)NN1C. The molecule has 1 saturated heterocycles. The van der Waals surface area contributed by atoms with Gasteiger partial charge in [0.25, 0.3) is 0 Å². The first-order valence-corrected chi connectivity index (χ1v) is 3.74. The summed E-state index contributed by atoms with van der Waals surface area (Å²) in [5, 5.41) is 1.87. The van der Waals surface area contributed by atoms with Crippen LogP contribution in [0.5, 0.6) is 0 Å². The zero-order valence-corrected chi connectivity index (χ0v) is 6.76. The van der Waals surface area contributed by atoms with E-state index in [4.69, 9.17) is 0 Å². The molecule has 0 aromatic carbocycles. The van der Waals surface area contributed by atoms with Crippen LogP contribution in [0.25, 0.3) is 0 Å². The van der Waals surface area contributed by atoms with Gasteiger partial charge in [-0.15, -0.1) is 0 Å². The fourth-order valence-electron chi connectivity index (χ4n) is 1.46. The van der Waals surface area contributed by atoms with Gasteiger partial charge in [0.1, 0.15) is 0 Å². The van der Waals surface area contributed by atoms with Crippen molar-refractivity contribution in [2.75, 3.05) is 7.05 Å². The van der Waals surface area contributed by atoms with E-state index in [0.29, 0.717) is 18.4 Å². The van der Waals surface area contributed by atoms with E-state index in [0.717, 1.165) is 0 Å². The quantitative estimate of drug-likeness (QED) is 0.558. The molecule has 1 N–H and O–H groups in total. The van der Waals surface area contributed by atoms with Crippen molar-refractivity contribution in [1.29, 1.82) is 0 Å². The first-order chi connectivity index (χ1) is 4.61. The summed E-state index contributed by atoms with van der Waals surface area (Å²) in [7, 11) is 1.89. The number of rotatable bonds is 1. The van der Waals surface area contributed by atoms with E-state index < -0.39 is 6.30 Å². The lowest BCUT2D eigenvalue weighted by Gasteiger charge is -2.21. The molecule has 2 nitrogen and oxygen atoms in total. The van der Waals surface area contributed by atoms with Crippen molar-refractivity contribution in [2.45, 2.75) is 32.6 Å². The minimum atomic E-state index is -0.836. The van der Waals surface area contributed by atoms with Crippen LogP contribution in [-0.4, -0.2) is 24.4 Å². The number of hydrogen-bond acceptors (Lipinski definition) is 2. The molecule has 1 heterocycles. The summed E-state index contributed by atoms with van der Waals surface area (Å²) < 4.78 is 12.6. The number of nitrogens with one attached hydrogen (secondary N) is 1. The van der Waals surface area contributed by atoms with Crippen LogP contribution in [0, 0.1) is 5.92 Å². The highest BCUT2D eigenvalue weighted by atomic mass is 19.1. The smallest absolute Gasteiger partial charge is 0.165 e. The number of alkyl halides is 1. The molecule has 0 aromatic heterocycles. The van der Waals surface area contributed by atoms with E-state index in [1.165, 1.54) is 0 Å². The van der Waals surface area contributed by atoms with Crippen LogP contribution < -0.4 is 5.43 Å². The molecule has 3 heteroatoms. The normalized spacial score (nSPS) is 35.7. The van der Waals surface area contributed by atoms with Crippen molar-refractivity contribution in [3.05, 3.63) is 0 Å². The van der Waals surface area contributed by atoms with E-state index in [-0.39, 0.29) is 0 Å². The van der Waals surface area contributed by atoms with Crippen molar-refractivity contribution in [2.24, 2.45) is 5.92 Å². The Morgan fingerprint density at radius 3 is 2.40 bits per heavy atom. The van der Waals surface area contributed by atoms with Gasteiger partial charge in [-0.05, 0) is 5.92 Å². The largest absolute Gasteiger partial charge is 0.242 e. The van der Waals surface area contributed by atoms with Crippen LogP contribution in [0.3, 0.4) is 0 Å². The van der Waals surface area contributed by atoms with Crippen LogP contribution in [-0.2, 0) is 0 Å². The second kappa shape index (κ2) is 2.84. The Morgan fingerprint density at radius 1 is 1.60 bits per heavy atom. The Hall–Kier alpha value is -0.150. The van der Waals surface area contributed by atoms with Crippen LogP contribution in [0.2, 0.25) is 0 Å². The first-order valence-electron chi connectivity index (χ1n) is 3.74. The second-order valence-corrected chi connectivity index (χ2v) is 3.25. The summed E-state index contributed by atoms with van der Waals surface area (Å²) in [4.78, 5) is 0. The molecule has 0 radical (unpaired) electrons. The molecule has 1 aliphatic heterocycles. The number of hydrazine groups is 1. The van der Waals surface area contributed by atoms with Gasteiger partial charge in [-0.25, -0.2) is 14.8 Å². The predicted octanol–water partition coefficient (Wildman–Crippen LogP) is 1.15. The molecule has 1 aliphatic rings. The molecular weight excluding hydrogens is 131 g/mol. The molecular formula is C7H15FN2. The maximum atomic E-state index is 12.6. The third kappa shape index (κ3) is 1.47. The fraction of sp³-hybridized carbons (Fsp3) is 1.00. The maximum absolute atomic E-state index is 12.6. The van der Waals surface area contributed by atoms with Gasteiger partial charge in [-0.1, -0.05) is 13.8 Å². The zero-order chi connectivity index (χ0) is 7.72. The number of halogens is 1. The Morgan fingerprint density at radius 2 is 2.20 bits per heavy atom. The Bertz CT molecular complexity index is 116. The van der Waals surface area contributed by atoms with Gasteiger partial charge in [0, 0.05) is 19.5 Å². The topological polar surface area (TPSA) is 15.3 Å². The minimum Gasteiger partial charge on any atom is -0.242 e. The molecule has 0 aromatic rings. The lowest BCUT2D eigenvalue weighted by atomic mass is 10.0. The molecule has 0 bridgehead atoms. The molecule has 0 amide bonds. The first kappa shape index (κ1) is 7.95. The van der Waals surface area contributed by atoms with Gasteiger partial charge in [-0.2, -0.15) is 0 Å². The summed E-state index contributed by atoms with van der Waals surface area (Å²) in [6, 6.07) is 0.356. The van der Waals surface area contributed by atoms with Crippen molar-refractivity contribution in [1.82, 2.24) is 10.4 Å². The van der Waals surface area contributed by atoms with E-state index in [2.05, 4.69) is 19.3 Å². The van der Waals surface area contributed by atoms with Crippen molar-refractivity contribution < 1.29 is 4.39 Å². The van der Waals surface area contributed by atoms with Gasteiger partial charge in [-0.3, -0.25) is 0 Å². The van der Waals surface area contributed by atoms with E-state index in [9.17, 15) is 4.39 Å². The van der Waals surface area contributed by atoms with Gasteiger partial charge in [0.2, 0.25) is 0 Å². The Balaban J connectivity index is 2.46. The molecule has 10 heavy (non-hydrogen) atoms. The predicted molar refractivity (Wildman–Crippen MR) is 39.0 cm³/mol. The highest BCUT2D eigenvalue weighted by molar-refractivity contribution is 4.78. The molecule has 2 atom stereocenters. The summed E-state index contributed by atoms with van der Waals surface area (Å²) in [5.74, 6) is 0.526. The molecule has 2 unspecified atom stereocenters. The standard InChI is InChI=1S/C7H15FN2/c1-5(2)6-4-7(8)9-10(6)3/h5-7,9H,4H2,1-3H3. The number of nitrogens with zero attached hydrogens (tertiary/aromatic N) is 1. The van der Waals surface area contributed by atoms with Crippen molar-refractivity contribution in [3.63, 3.8) is 0 Å². The summed E-state index contributed by atoms with van der Waals surface area (Å²) >= 11 is 0. The van der Waals surface area contributed by atoms with Crippen LogP contribution >= 0.6 is 0 Å². The molecule has 1 fully saturated rings. The lowest BCUT2D eigenvalue weighted by molar-refractivity contribution is 0.167. The van der Waals surface area contributed by atoms with Crippen LogP contribution in [0.4, 0.5) is 4.39 Å². The third-order valence-electron chi connectivity index (χ3n) is 2.06. The third-order valence-corrected chi connectivity index (χ3v) is 2.06. The number of hydrogen-bond donors (Lipinski definition) is 1. The van der Waals surface area contributed by atoms with Gasteiger partial charge < -0.3 is 0 Å². The van der Waals surface area contributed by atoms with Crippen molar-refractivity contribution in [3.8, 4) is 0 Å². The van der Waals surface area contributed by atoms with Gasteiger partial charge >= 0.3 is 0 Å². The Labute approximate surface area is 61.4 Å². The second-order valence-electron chi connectivity index (χ2n) is 3.25. The minimum absolute atomic E-state index is 0.356. The summed E-state index contributed by atoms with van der Waals surface area (Å²) in [5.41, 5.74) is 2.71. The average Bonchev–Trinajstić information content (AvgIpc) is 2.10. The van der Waals surface area contributed by atoms with E-state index in [1.807, 2.05) is 12.1 Å². The zero-order valence-electron chi connectivity index (χ0n) is 6.76. The van der Waals surface area contributed by atoms with E-state index in [1.54, 1.807) is 0 Å². The monoisotopic (exact) mass is 146 g/mol. The average molecular weight is 146 g/mol. The maximum Gasteiger partial charge on any atom is 0.165 e. The molecule has 0 aliphatic carbocycles. The highest BCUT2D eigenvalue weighted by Crippen LogP contribution is 2.20. The molecule has 0 saturated carbocycles. The highest BCUT2D eigenvalue weighted by Gasteiger charge is 2.30. The van der Waals surface area contributed by atoms with Gasteiger partial charge in [0.05, 0.1) is 0 Å². The van der Waals surface area contributed by atoms with Crippen LogP contribution in [0.1, 0.15) is 20.3 Å². The van der Waals surface area contributed by atoms with Gasteiger partial charge in [0.15, 0.2) is 6.30 Å².